The summed E-state index contributed by atoms with van der Waals surface area (Å²) in [6.07, 6.45) is 0. The summed E-state index contributed by atoms with van der Waals surface area (Å²) in [4.78, 5) is 1.90. The molecule has 0 aliphatic rings. The lowest BCUT2D eigenvalue weighted by Crippen LogP contribution is -2.23. The van der Waals surface area contributed by atoms with Gasteiger partial charge in [-0.3, -0.25) is 0 Å². The molecule has 0 aromatic heterocycles. The highest BCUT2D eigenvalue weighted by molar-refractivity contribution is 5.46. The van der Waals surface area contributed by atoms with Crippen LogP contribution in [-0.2, 0) is 0 Å². The van der Waals surface area contributed by atoms with Crippen LogP contribution in [-0.4, -0.2) is 20.2 Å². The molecule has 0 aliphatic carbocycles. The van der Waals surface area contributed by atoms with Crippen LogP contribution in [0.3, 0.4) is 0 Å². The second-order valence-corrected chi connectivity index (χ2v) is 4.36. The number of nitriles is 1. The van der Waals surface area contributed by atoms with Gasteiger partial charge in [0.05, 0.1) is 12.1 Å². The molecule has 0 unspecified atom stereocenters. The molecular formula is C16H15FN2O. The Morgan fingerprint density at radius 3 is 2.75 bits per heavy atom. The predicted octanol–water partition coefficient (Wildman–Crippen LogP) is 3.21. The minimum atomic E-state index is -0.259. The molecule has 4 heteroatoms. The van der Waals surface area contributed by atoms with Gasteiger partial charge in [0.15, 0.2) is 0 Å². The fourth-order valence-electron chi connectivity index (χ4n) is 1.82. The largest absolute Gasteiger partial charge is 0.490 e. The molecule has 0 heterocycles. The van der Waals surface area contributed by atoms with Gasteiger partial charge in [0.1, 0.15) is 24.2 Å². The highest BCUT2D eigenvalue weighted by Crippen LogP contribution is 2.17. The zero-order valence-corrected chi connectivity index (χ0v) is 11.2. The van der Waals surface area contributed by atoms with Crippen molar-refractivity contribution in [1.82, 2.24) is 0 Å². The van der Waals surface area contributed by atoms with Crippen LogP contribution in [0, 0.1) is 17.1 Å². The van der Waals surface area contributed by atoms with Crippen molar-refractivity contribution in [2.45, 2.75) is 0 Å². The standard InChI is InChI=1S/C16H15FN2O/c1-19(15-7-4-6-14(17)11-15)9-10-20-16-8-3-2-5-13(16)12-18/h2-8,11H,9-10H2,1H3. The maximum atomic E-state index is 13.1. The summed E-state index contributed by atoms with van der Waals surface area (Å²) >= 11 is 0. The van der Waals surface area contributed by atoms with E-state index in [9.17, 15) is 4.39 Å². The molecule has 0 spiro atoms. The molecule has 0 N–H and O–H groups in total. The topological polar surface area (TPSA) is 36.3 Å². The Balaban J connectivity index is 1.91. The van der Waals surface area contributed by atoms with E-state index in [2.05, 4.69) is 6.07 Å². The van der Waals surface area contributed by atoms with E-state index in [-0.39, 0.29) is 5.82 Å². The molecule has 3 nitrogen and oxygen atoms in total. The molecule has 0 atom stereocenters. The Morgan fingerprint density at radius 1 is 1.20 bits per heavy atom. The smallest absolute Gasteiger partial charge is 0.137 e. The molecule has 0 saturated heterocycles. The third kappa shape index (κ3) is 3.48. The van der Waals surface area contributed by atoms with Crippen LogP contribution in [0.25, 0.3) is 0 Å². The number of ether oxygens (including phenoxy) is 1. The van der Waals surface area contributed by atoms with Crippen LogP contribution in [0.5, 0.6) is 5.75 Å². The monoisotopic (exact) mass is 270 g/mol. The Morgan fingerprint density at radius 2 is 2.00 bits per heavy atom. The summed E-state index contributed by atoms with van der Waals surface area (Å²) in [5, 5.41) is 8.95. The molecule has 0 radical (unpaired) electrons. The van der Waals surface area contributed by atoms with Crippen LogP contribution in [0.2, 0.25) is 0 Å². The Kier molecular flexibility index (Phi) is 4.56. The molecular weight excluding hydrogens is 255 g/mol. The van der Waals surface area contributed by atoms with Crippen LogP contribution < -0.4 is 9.64 Å². The molecule has 2 aromatic carbocycles. The molecule has 2 rings (SSSR count). The van der Waals surface area contributed by atoms with Crippen molar-refractivity contribution < 1.29 is 9.13 Å². The second-order valence-electron chi connectivity index (χ2n) is 4.36. The minimum Gasteiger partial charge on any atom is -0.490 e. The third-order valence-electron chi connectivity index (χ3n) is 2.94. The Hall–Kier alpha value is -2.54. The Bertz CT molecular complexity index is 622. The average molecular weight is 270 g/mol. The van der Waals surface area contributed by atoms with Gasteiger partial charge in [-0.05, 0) is 30.3 Å². The first-order valence-corrected chi connectivity index (χ1v) is 6.29. The summed E-state index contributed by atoms with van der Waals surface area (Å²) in [5.74, 6) is 0.313. The number of anilines is 1. The lowest BCUT2D eigenvalue weighted by Gasteiger charge is -2.19. The minimum absolute atomic E-state index is 0.259. The molecule has 0 aliphatic heterocycles. The van der Waals surface area contributed by atoms with E-state index in [4.69, 9.17) is 10.00 Å². The summed E-state index contributed by atoms with van der Waals surface area (Å²) in [5.41, 5.74) is 1.31. The van der Waals surface area contributed by atoms with E-state index in [1.54, 1.807) is 24.3 Å². The fraction of sp³-hybridized carbons (Fsp3) is 0.188. The lowest BCUT2D eigenvalue weighted by molar-refractivity contribution is 0.325. The van der Waals surface area contributed by atoms with Crippen LogP contribution >= 0.6 is 0 Å². The summed E-state index contributed by atoms with van der Waals surface area (Å²) in [7, 11) is 1.87. The van der Waals surface area contributed by atoms with E-state index >= 15 is 0 Å². The lowest BCUT2D eigenvalue weighted by atomic mass is 10.2. The van der Waals surface area contributed by atoms with Gasteiger partial charge in [-0.15, -0.1) is 0 Å². The van der Waals surface area contributed by atoms with E-state index in [0.29, 0.717) is 24.5 Å². The SMILES string of the molecule is CN(CCOc1ccccc1C#N)c1cccc(F)c1. The predicted molar refractivity (Wildman–Crippen MR) is 76.3 cm³/mol. The maximum Gasteiger partial charge on any atom is 0.137 e. The van der Waals surface area contributed by atoms with E-state index in [1.165, 1.54) is 12.1 Å². The molecule has 102 valence electrons. The number of benzene rings is 2. The number of rotatable bonds is 5. The van der Waals surface area contributed by atoms with Crippen molar-refractivity contribution >= 4 is 5.69 Å². The van der Waals surface area contributed by atoms with Gasteiger partial charge >= 0.3 is 0 Å². The summed E-state index contributed by atoms with van der Waals surface area (Å²) < 4.78 is 18.7. The van der Waals surface area contributed by atoms with Gasteiger partial charge in [0.2, 0.25) is 0 Å². The summed E-state index contributed by atoms with van der Waals surface area (Å²) in [6, 6.07) is 15.6. The zero-order chi connectivity index (χ0) is 14.4. The molecule has 0 saturated carbocycles. The van der Waals surface area contributed by atoms with E-state index < -0.39 is 0 Å². The molecule has 20 heavy (non-hydrogen) atoms. The van der Waals surface area contributed by atoms with Crippen molar-refractivity contribution in [1.29, 1.82) is 5.26 Å². The molecule has 0 fully saturated rings. The first kappa shape index (κ1) is 13.9. The van der Waals surface area contributed by atoms with Gasteiger partial charge in [-0.1, -0.05) is 18.2 Å². The number of hydrogen-bond acceptors (Lipinski definition) is 3. The highest BCUT2D eigenvalue weighted by Gasteiger charge is 2.04. The number of hydrogen-bond donors (Lipinski definition) is 0. The molecule has 2 aromatic rings. The Labute approximate surface area is 117 Å². The number of nitrogens with zero attached hydrogens (tertiary/aromatic N) is 2. The first-order valence-electron chi connectivity index (χ1n) is 6.29. The van der Waals surface area contributed by atoms with Crippen molar-refractivity contribution in [3.05, 3.63) is 59.9 Å². The highest BCUT2D eigenvalue weighted by atomic mass is 19.1. The molecule has 0 amide bonds. The van der Waals surface area contributed by atoms with Gasteiger partial charge in [0.25, 0.3) is 0 Å². The number of para-hydroxylation sites is 1. The van der Waals surface area contributed by atoms with Crippen LogP contribution in [0.15, 0.2) is 48.5 Å². The second kappa shape index (κ2) is 6.58. The van der Waals surface area contributed by atoms with Gasteiger partial charge in [-0.2, -0.15) is 5.26 Å². The van der Waals surface area contributed by atoms with Gasteiger partial charge in [0, 0.05) is 12.7 Å². The molecule has 0 bridgehead atoms. The van der Waals surface area contributed by atoms with Crippen molar-refractivity contribution in [2.75, 3.05) is 25.1 Å². The van der Waals surface area contributed by atoms with E-state index in [1.807, 2.05) is 24.1 Å². The van der Waals surface area contributed by atoms with Crippen molar-refractivity contribution in [3.63, 3.8) is 0 Å². The van der Waals surface area contributed by atoms with Crippen LogP contribution in [0.1, 0.15) is 5.56 Å². The average Bonchev–Trinajstić information content (AvgIpc) is 2.47. The van der Waals surface area contributed by atoms with Crippen molar-refractivity contribution in [3.8, 4) is 11.8 Å². The number of likely N-dealkylation sites (N-methyl/N-ethyl adjacent to an activating group) is 1. The van der Waals surface area contributed by atoms with Crippen LogP contribution in [0.4, 0.5) is 10.1 Å². The fourth-order valence-corrected chi connectivity index (χ4v) is 1.82. The third-order valence-corrected chi connectivity index (χ3v) is 2.94. The van der Waals surface area contributed by atoms with Gasteiger partial charge < -0.3 is 9.64 Å². The normalized spacial score (nSPS) is 9.85. The summed E-state index contributed by atoms with van der Waals surface area (Å²) in [6.45, 7) is 1.02. The van der Waals surface area contributed by atoms with E-state index in [0.717, 1.165) is 5.69 Å². The first-order chi connectivity index (χ1) is 9.70. The van der Waals surface area contributed by atoms with Crippen molar-refractivity contribution in [2.24, 2.45) is 0 Å². The zero-order valence-electron chi connectivity index (χ0n) is 11.2. The maximum absolute atomic E-state index is 13.1. The quantitative estimate of drug-likeness (QED) is 0.837. The van der Waals surface area contributed by atoms with Gasteiger partial charge in [-0.25, -0.2) is 4.39 Å². The number of halogens is 1.